The quantitative estimate of drug-likeness (QED) is 0.0964. The number of alkyl halides is 6. The molecule has 0 heterocycles. The van der Waals surface area contributed by atoms with Crippen molar-refractivity contribution in [2.45, 2.75) is 44.4 Å². The van der Waals surface area contributed by atoms with E-state index in [-0.39, 0.29) is 5.97 Å². The maximum Gasteiger partial charge on any atom is 0.480 e. The van der Waals surface area contributed by atoms with Gasteiger partial charge in [0.25, 0.3) is 0 Å². The van der Waals surface area contributed by atoms with E-state index in [1.54, 1.807) is 6.92 Å². The van der Waals surface area contributed by atoms with E-state index in [1.165, 1.54) is 11.1 Å². The summed E-state index contributed by atoms with van der Waals surface area (Å²) in [5.74, 6) is -0.300. The molecule has 2 aromatic rings. The van der Waals surface area contributed by atoms with Crippen molar-refractivity contribution < 1.29 is 57.2 Å². The van der Waals surface area contributed by atoms with Crippen LogP contribution in [-0.4, -0.2) is 58.0 Å². The van der Waals surface area contributed by atoms with Gasteiger partial charge in [-0.05, 0) is 13.8 Å². The van der Waals surface area contributed by atoms with Gasteiger partial charge in [-0.15, -0.1) is 0 Å². The van der Waals surface area contributed by atoms with Gasteiger partial charge in [-0.3, -0.25) is 0 Å². The fourth-order valence-corrected chi connectivity index (χ4v) is 5.15. The van der Waals surface area contributed by atoms with Crippen LogP contribution in [0.4, 0.5) is 26.3 Å². The van der Waals surface area contributed by atoms with Crippen molar-refractivity contribution in [3.63, 3.8) is 0 Å². The first kappa shape index (κ1) is 36.1. The Balaban J connectivity index is 0.000000479. The third-order valence-electron chi connectivity index (χ3n) is 5.53. The molecule has 230 valence electrons. The number of hydrogen-bond donors (Lipinski definition) is 0. The molecule has 0 fully saturated rings. The summed E-state index contributed by atoms with van der Waals surface area (Å²) in [4.78, 5) is 11.6. The topological polar surface area (TPSA) is 109 Å². The summed E-state index contributed by atoms with van der Waals surface area (Å²) in [5.41, 5.74) is -9.28. The molecule has 0 bridgehead atoms. The molecular formula is C25H30F6N2O6S2. The van der Waals surface area contributed by atoms with Crippen molar-refractivity contribution in [2.75, 3.05) is 19.7 Å². The first-order chi connectivity index (χ1) is 18.8. The Morgan fingerprint density at radius 3 is 1.54 bits per heavy atom. The van der Waals surface area contributed by atoms with Gasteiger partial charge in [0.1, 0.15) is 13.1 Å². The van der Waals surface area contributed by atoms with Crippen LogP contribution in [0.5, 0.6) is 0 Å². The smallest absolute Gasteiger partial charge is 0.462 e. The Hall–Kier alpha value is -2.95. The van der Waals surface area contributed by atoms with Gasteiger partial charge in [0.15, 0.2) is 20.0 Å². The zero-order valence-corrected chi connectivity index (χ0v) is 23.8. The predicted molar refractivity (Wildman–Crippen MR) is 140 cm³/mol. The lowest BCUT2D eigenvalue weighted by Crippen LogP contribution is -2.47. The largest absolute Gasteiger partial charge is 0.480 e. The van der Waals surface area contributed by atoms with Crippen LogP contribution in [0.1, 0.15) is 31.4 Å². The maximum absolute atomic E-state index is 11.6. The molecule has 2 rings (SSSR count). The van der Waals surface area contributed by atoms with E-state index in [2.05, 4.69) is 74.2 Å². The first-order valence-corrected chi connectivity index (χ1v) is 14.8. The van der Waals surface area contributed by atoms with E-state index in [0.29, 0.717) is 12.2 Å². The highest BCUT2D eigenvalue weighted by Crippen LogP contribution is 2.36. The highest BCUT2D eigenvalue weighted by molar-refractivity contribution is 8.13. The maximum atomic E-state index is 11.6. The standard InChI is InChI=1S/C23H30NO2.C2F6NO4S2/c1-4-24(18-21-12-7-5-8-13-21,19-22-14-9-6-10-15-22)16-11-17-26-23(25)20(2)3;3-1(4,5)14(10,11)9-15(12,13)2(6,7)8/h5-10,12-15H,2,4,11,16-19H2,1,3H3;/q+1;-1. The average molecular weight is 633 g/mol. The fraction of sp³-hybridized carbons (Fsp3) is 0.400. The molecule has 0 radical (unpaired) electrons. The Morgan fingerprint density at radius 2 is 1.22 bits per heavy atom. The molecule has 0 unspecified atom stereocenters. The molecule has 0 aliphatic carbocycles. The number of esters is 1. The van der Waals surface area contributed by atoms with E-state index in [4.69, 9.17) is 4.74 Å². The van der Waals surface area contributed by atoms with Gasteiger partial charge in [-0.25, -0.2) is 21.6 Å². The minimum absolute atomic E-state index is 0.300. The Kier molecular flexibility index (Phi) is 13.0. The Labute approximate surface area is 235 Å². The zero-order valence-electron chi connectivity index (χ0n) is 22.2. The molecule has 0 saturated heterocycles. The first-order valence-electron chi connectivity index (χ1n) is 11.9. The monoisotopic (exact) mass is 632 g/mol. The van der Waals surface area contributed by atoms with Crippen LogP contribution in [-0.2, 0) is 42.7 Å². The second kappa shape index (κ2) is 14.8. The number of benzene rings is 2. The van der Waals surface area contributed by atoms with Crippen LogP contribution in [0.15, 0.2) is 72.8 Å². The summed E-state index contributed by atoms with van der Waals surface area (Å²) in [6, 6.07) is 21.2. The summed E-state index contributed by atoms with van der Waals surface area (Å²) in [5, 5.41) is 0. The van der Waals surface area contributed by atoms with Gasteiger partial charge in [0.2, 0.25) is 0 Å². The van der Waals surface area contributed by atoms with Crippen LogP contribution < -0.4 is 0 Å². The molecule has 0 spiro atoms. The molecule has 0 saturated carbocycles. The van der Waals surface area contributed by atoms with Crippen molar-refractivity contribution >= 4 is 26.0 Å². The van der Waals surface area contributed by atoms with E-state index < -0.39 is 31.1 Å². The van der Waals surface area contributed by atoms with Crippen molar-refractivity contribution in [2.24, 2.45) is 0 Å². The Morgan fingerprint density at radius 1 is 0.829 bits per heavy atom. The number of hydrogen-bond acceptors (Lipinski definition) is 6. The zero-order chi connectivity index (χ0) is 31.5. The van der Waals surface area contributed by atoms with Gasteiger partial charge < -0.3 is 13.3 Å². The highest BCUT2D eigenvalue weighted by Gasteiger charge is 2.47. The van der Waals surface area contributed by atoms with Gasteiger partial charge in [0, 0.05) is 23.1 Å². The van der Waals surface area contributed by atoms with Crippen LogP contribution in [0.2, 0.25) is 0 Å². The lowest BCUT2D eigenvalue weighted by Gasteiger charge is -2.38. The molecule has 0 amide bonds. The highest BCUT2D eigenvalue weighted by atomic mass is 32.3. The number of halogens is 6. The number of carbonyl (C=O) groups is 1. The average Bonchev–Trinajstić information content (AvgIpc) is 2.86. The van der Waals surface area contributed by atoms with Crippen LogP contribution in [0.3, 0.4) is 0 Å². The van der Waals surface area contributed by atoms with Crippen molar-refractivity contribution in [1.82, 2.24) is 0 Å². The van der Waals surface area contributed by atoms with Gasteiger partial charge in [-0.1, -0.05) is 67.2 Å². The number of nitrogens with zero attached hydrogens (tertiary/aromatic N) is 2. The van der Waals surface area contributed by atoms with Crippen molar-refractivity contribution in [1.29, 1.82) is 0 Å². The van der Waals surface area contributed by atoms with E-state index in [9.17, 15) is 48.0 Å². The molecule has 16 heteroatoms. The molecule has 2 aromatic carbocycles. The predicted octanol–water partition coefficient (Wildman–Crippen LogP) is 5.79. The molecular weight excluding hydrogens is 602 g/mol. The number of quaternary nitrogens is 1. The van der Waals surface area contributed by atoms with Gasteiger partial charge in [0.05, 0.1) is 19.7 Å². The second-order valence-electron chi connectivity index (χ2n) is 8.85. The molecule has 0 N–H and O–H groups in total. The van der Waals surface area contributed by atoms with Crippen molar-refractivity contribution in [3.05, 3.63) is 88.1 Å². The summed E-state index contributed by atoms with van der Waals surface area (Å²) in [6.45, 7) is 11.9. The SMILES string of the molecule is C=C(C)C(=O)OCCC[N+](CC)(Cc1ccccc1)Cc1ccccc1.O=S(=O)([N-]S(=O)(=O)C(F)(F)F)C(F)(F)F. The van der Waals surface area contributed by atoms with E-state index in [1.807, 2.05) is 0 Å². The molecule has 41 heavy (non-hydrogen) atoms. The van der Waals surface area contributed by atoms with Crippen LogP contribution in [0, 0.1) is 0 Å². The molecule has 0 aromatic heterocycles. The summed E-state index contributed by atoms with van der Waals surface area (Å²) >= 11 is 0. The van der Waals surface area contributed by atoms with Crippen molar-refractivity contribution in [3.8, 4) is 0 Å². The van der Waals surface area contributed by atoms with Gasteiger partial charge in [-0.2, -0.15) is 26.3 Å². The number of sulfonamides is 2. The second-order valence-corrected chi connectivity index (χ2v) is 12.3. The third kappa shape index (κ3) is 11.8. The number of carbonyl (C=O) groups excluding carboxylic acids is 1. The minimum atomic E-state index is -6.72. The van der Waals surface area contributed by atoms with E-state index >= 15 is 0 Å². The van der Waals surface area contributed by atoms with E-state index in [0.717, 1.165) is 41.2 Å². The molecule has 0 atom stereocenters. The van der Waals surface area contributed by atoms with Crippen LogP contribution >= 0.6 is 0 Å². The fourth-order valence-electron chi connectivity index (χ4n) is 3.44. The number of rotatable bonds is 12. The molecule has 8 nitrogen and oxygen atoms in total. The lowest BCUT2D eigenvalue weighted by atomic mass is 10.1. The molecule has 0 aliphatic heterocycles. The van der Waals surface area contributed by atoms with Crippen LogP contribution in [0.25, 0.3) is 4.13 Å². The minimum Gasteiger partial charge on any atom is -0.462 e. The third-order valence-corrected chi connectivity index (χ3v) is 8.27. The number of ether oxygens (including phenoxy) is 1. The summed E-state index contributed by atoms with van der Waals surface area (Å²) in [7, 11) is -13.4. The molecule has 0 aliphatic rings. The Bertz CT molecular complexity index is 1260. The van der Waals surface area contributed by atoms with Gasteiger partial charge >= 0.3 is 17.0 Å². The lowest BCUT2D eigenvalue weighted by molar-refractivity contribution is -0.952. The summed E-state index contributed by atoms with van der Waals surface area (Å²) < 4.78 is 115. The normalized spacial score (nSPS) is 12.7. The summed E-state index contributed by atoms with van der Waals surface area (Å²) in [6.07, 6.45) is 0.840.